The highest BCUT2D eigenvalue weighted by atomic mass is 32.2. The molecule has 1 fully saturated rings. The first-order valence-electron chi connectivity index (χ1n) is 10.3. The van der Waals surface area contributed by atoms with Gasteiger partial charge < -0.3 is 31.3 Å². The number of nitrogens with two attached hydrogens (primary N) is 1. The Balaban J connectivity index is 2.51. The zero-order valence-corrected chi connectivity index (χ0v) is 20.2. The molecule has 3 amide bonds. The van der Waals surface area contributed by atoms with Crippen LogP contribution in [0.4, 0.5) is 0 Å². The fourth-order valence-corrected chi connectivity index (χ4v) is 5.60. The van der Waals surface area contributed by atoms with Gasteiger partial charge in [0.1, 0.15) is 17.4 Å². The minimum Gasteiger partial charge on any atom is -0.349 e. The van der Waals surface area contributed by atoms with Crippen molar-refractivity contribution < 1.29 is 24.0 Å². The summed E-state index contributed by atoms with van der Waals surface area (Å²) in [6.45, 7) is 3.42. The second kappa shape index (κ2) is 13.8. The molecular formula is C18H32B2N4O5S2. The van der Waals surface area contributed by atoms with Gasteiger partial charge >= 0.3 is 0 Å². The Morgan fingerprint density at radius 2 is 1.35 bits per heavy atom. The van der Waals surface area contributed by atoms with Crippen LogP contribution in [0.2, 0.25) is 0 Å². The predicted molar refractivity (Wildman–Crippen MR) is 130 cm³/mol. The minimum atomic E-state index is -0.717. The molecule has 1 rings (SSSR count). The van der Waals surface area contributed by atoms with E-state index in [0.717, 1.165) is 12.8 Å². The lowest BCUT2D eigenvalue weighted by Gasteiger charge is -2.37. The van der Waals surface area contributed by atoms with E-state index in [0.29, 0.717) is 16.8 Å². The van der Waals surface area contributed by atoms with Gasteiger partial charge in [-0.25, -0.2) is 0 Å². The van der Waals surface area contributed by atoms with E-state index in [9.17, 15) is 24.0 Å². The Kier molecular flexibility index (Phi) is 12.3. The van der Waals surface area contributed by atoms with E-state index in [1.165, 1.54) is 15.7 Å². The largest absolute Gasteiger partial charge is 0.349 e. The van der Waals surface area contributed by atoms with E-state index in [1.807, 2.05) is 0 Å². The molecule has 31 heavy (non-hydrogen) atoms. The predicted octanol–water partition coefficient (Wildman–Crippen LogP) is -3.00. The molecule has 0 saturated heterocycles. The van der Waals surface area contributed by atoms with Crippen LogP contribution in [0.3, 0.4) is 0 Å². The van der Waals surface area contributed by atoms with Gasteiger partial charge in [-0.2, -0.15) is 23.5 Å². The van der Waals surface area contributed by atoms with Crippen LogP contribution in [-0.2, 0) is 24.0 Å². The third kappa shape index (κ3) is 10.6. The topological polar surface area (TPSA) is 147 Å². The van der Waals surface area contributed by atoms with Gasteiger partial charge in [-0.1, -0.05) is 13.8 Å². The molecule has 1 aliphatic rings. The normalized spacial score (nSPS) is 19.6. The van der Waals surface area contributed by atoms with E-state index in [4.69, 9.17) is 5.73 Å². The van der Waals surface area contributed by atoms with Crippen LogP contribution >= 0.6 is 23.5 Å². The van der Waals surface area contributed by atoms with Crippen LogP contribution in [0.25, 0.3) is 0 Å². The lowest BCUT2D eigenvalue weighted by molar-refractivity contribution is -0.130. The number of nitrogens with one attached hydrogen (secondary N) is 3. The highest BCUT2D eigenvalue weighted by Crippen LogP contribution is 2.40. The van der Waals surface area contributed by atoms with Gasteiger partial charge in [0.2, 0.25) is 17.7 Å². The maximum atomic E-state index is 12.4. The molecular weight excluding hydrogens is 438 g/mol. The molecule has 0 heterocycles. The third-order valence-electron chi connectivity index (χ3n) is 4.63. The van der Waals surface area contributed by atoms with Crippen molar-refractivity contribution in [2.75, 3.05) is 24.6 Å². The average Bonchev–Trinajstić information content (AvgIpc) is 2.68. The number of amides is 3. The average molecular weight is 470 g/mol. The zero-order chi connectivity index (χ0) is 23.6. The first kappa shape index (κ1) is 27.6. The molecule has 0 aromatic heterocycles. The summed E-state index contributed by atoms with van der Waals surface area (Å²) in [5, 5.41) is 8.42. The summed E-state index contributed by atoms with van der Waals surface area (Å²) in [7, 11) is 2.78. The van der Waals surface area contributed by atoms with Crippen molar-refractivity contribution in [1.82, 2.24) is 16.0 Å². The van der Waals surface area contributed by atoms with E-state index in [2.05, 4.69) is 16.0 Å². The van der Waals surface area contributed by atoms with Crippen molar-refractivity contribution in [1.29, 1.82) is 0 Å². The summed E-state index contributed by atoms with van der Waals surface area (Å²) in [5.74, 6) is -0.344. The molecule has 4 unspecified atom stereocenters. The molecule has 0 radical (unpaired) electrons. The molecule has 13 heteroatoms. The molecule has 9 nitrogen and oxygen atoms in total. The summed E-state index contributed by atoms with van der Waals surface area (Å²) in [4.78, 5) is 58.5. The van der Waals surface area contributed by atoms with E-state index in [1.54, 1.807) is 37.4 Å². The van der Waals surface area contributed by atoms with Gasteiger partial charge in [0, 0.05) is 27.9 Å². The second-order valence-corrected chi connectivity index (χ2v) is 10.5. The molecule has 0 spiro atoms. The first-order valence-corrected chi connectivity index (χ1v) is 12.4. The van der Waals surface area contributed by atoms with Crippen molar-refractivity contribution in [3.8, 4) is 0 Å². The number of carbonyl (C=O) groups is 5. The van der Waals surface area contributed by atoms with E-state index < -0.39 is 12.1 Å². The molecule has 0 aliphatic heterocycles. The van der Waals surface area contributed by atoms with Crippen LogP contribution in [0.1, 0.15) is 26.7 Å². The maximum Gasteiger partial charge on any atom is 0.243 e. The van der Waals surface area contributed by atoms with Crippen molar-refractivity contribution in [2.45, 2.75) is 49.3 Å². The highest BCUT2D eigenvalue weighted by molar-refractivity contribution is 8.04. The van der Waals surface area contributed by atoms with Gasteiger partial charge in [0.15, 0.2) is 15.7 Å². The summed E-state index contributed by atoms with van der Waals surface area (Å²) in [6, 6.07) is -1.41. The Labute approximate surface area is 193 Å². The second-order valence-electron chi connectivity index (χ2n) is 7.98. The molecule has 0 bridgehead atoms. The highest BCUT2D eigenvalue weighted by Gasteiger charge is 2.34. The van der Waals surface area contributed by atoms with Gasteiger partial charge in [-0.3, -0.25) is 14.4 Å². The fourth-order valence-electron chi connectivity index (χ4n) is 2.54. The number of rotatable bonds is 14. The Hall–Kier alpha value is -1.46. The minimum absolute atomic E-state index is 0.0196. The molecule has 0 aromatic rings. The molecule has 4 atom stereocenters. The number of thioether (sulfide) groups is 2. The Morgan fingerprint density at radius 1 is 0.871 bits per heavy atom. The molecule has 172 valence electrons. The molecule has 5 N–H and O–H groups in total. The van der Waals surface area contributed by atoms with E-state index in [-0.39, 0.29) is 53.3 Å². The number of carbonyl (C=O) groups excluding carboxylic acids is 5. The summed E-state index contributed by atoms with van der Waals surface area (Å²) in [5.41, 5.74) is 5.61. The van der Waals surface area contributed by atoms with Crippen LogP contribution in [0.15, 0.2) is 0 Å². The molecule has 0 aromatic carbocycles. The standard InChI is InChI=1S/C18H32B2N4O5S2/c1-9(2)16(27)24-11(18(29)23-6-15(20)26)8-31-13-4-3-12(13)30-7-10(21)17(28)22-5-14(19)25/h9-13H,3-8,19-21H2,1-2H3,(H,22,28)(H,23,29)(H,24,27). The van der Waals surface area contributed by atoms with Crippen molar-refractivity contribution in [3.05, 3.63) is 0 Å². The Bertz CT molecular complexity index is 683. The fraction of sp³-hybridized carbons (Fsp3) is 0.722. The van der Waals surface area contributed by atoms with Crippen molar-refractivity contribution in [3.63, 3.8) is 0 Å². The monoisotopic (exact) mass is 470 g/mol. The quantitative estimate of drug-likeness (QED) is 0.197. The Morgan fingerprint density at radius 3 is 1.81 bits per heavy atom. The molecule has 1 saturated carbocycles. The van der Waals surface area contributed by atoms with Gasteiger partial charge in [0.25, 0.3) is 0 Å². The van der Waals surface area contributed by atoms with E-state index >= 15 is 0 Å². The summed E-state index contributed by atoms with van der Waals surface area (Å²) < 4.78 is 0. The lowest BCUT2D eigenvalue weighted by Crippen LogP contribution is -2.51. The van der Waals surface area contributed by atoms with Gasteiger partial charge in [-0.15, -0.1) is 0 Å². The van der Waals surface area contributed by atoms with Gasteiger partial charge in [-0.05, 0) is 12.8 Å². The maximum absolute atomic E-state index is 12.4. The summed E-state index contributed by atoms with van der Waals surface area (Å²) in [6.07, 6.45) is 1.97. The zero-order valence-electron chi connectivity index (χ0n) is 18.6. The number of hydrogen-bond donors (Lipinski definition) is 4. The summed E-state index contributed by atoms with van der Waals surface area (Å²) >= 11 is 3.21. The van der Waals surface area contributed by atoms with Crippen molar-refractivity contribution >= 4 is 68.3 Å². The third-order valence-corrected chi connectivity index (χ3v) is 7.87. The number of hydrogen-bond acceptors (Lipinski definition) is 8. The van der Waals surface area contributed by atoms with Crippen LogP contribution in [-0.4, -0.2) is 92.0 Å². The SMILES string of the molecule is BC(=O)CNC(=O)C(N)CSC1CCC1SCC(NC(=O)C(C)C)C(=O)NCC(B)=O. The first-order chi connectivity index (χ1) is 14.5. The lowest BCUT2D eigenvalue weighted by atomic mass is 9.99. The van der Waals surface area contributed by atoms with Crippen LogP contribution in [0, 0.1) is 5.92 Å². The van der Waals surface area contributed by atoms with Gasteiger partial charge in [0.05, 0.1) is 19.1 Å². The molecule has 1 aliphatic carbocycles. The van der Waals surface area contributed by atoms with Crippen molar-refractivity contribution in [2.24, 2.45) is 11.7 Å². The van der Waals surface area contributed by atoms with Crippen LogP contribution in [0.5, 0.6) is 0 Å². The smallest absolute Gasteiger partial charge is 0.243 e. The van der Waals surface area contributed by atoms with Crippen LogP contribution < -0.4 is 21.7 Å².